The normalized spacial score (nSPS) is 14.6. The number of amides is 2. The molecule has 3 aromatic rings. The summed E-state index contributed by atoms with van der Waals surface area (Å²) in [6.07, 6.45) is 2.66. The minimum atomic E-state index is -0.567. The molecule has 3 heterocycles. The lowest BCUT2D eigenvalue weighted by atomic mass is 9.98. The molecular formula is C23H25N5O3S2. The summed E-state index contributed by atoms with van der Waals surface area (Å²) in [5, 5.41) is 7.86. The first-order valence-electron chi connectivity index (χ1n) is 10.8. The fourth-order valence-corrected chi connectivity index (χ4v) is 5.26. The molecule has 0 fully saturated rings. The number of nitrogens with zero attached hydrogens (tertiary/aromatic N) is 1. The summed E-state index contributed by atoms with van der Waals surface area (Å²) < 4.78 is 0. The van der Waals surface area contributed by atoms with Crippen molar-refractivity contribution in [1.82, 2.24) is 9.97 Å². The van der Waals surface area contributed by atoms with E-state index in [0.717, 1.165) is 16.1 Å². The van der Waals surface area contributed by atoms with Crippen LogP contribution in [0.1, 0.15) is 68.9 Å². The van der Waals surface area contributed by atoms with Gasteiger partial charge in [-0.15, -0.1) is 11.3 Å². The van der Waals surface area contributed by atoms with Crippen LogP contribution < -0.4 is 16.4 Å². The summed E-state index contributed by atoms with van der Waals surface area (Å²) in [6.45, 7) is 4.24. The number of rotatable bonds is 4. The third-order valence-electron chi connectivity index (χ3n) is 5.63. The van der Waals surface area contributed by atoms with Crippen molar-refractivity contribution < 1.29 is 14.4 Å². The molecule has 10 heteroatoms. The van der Waals surface area contributed by atoms with Crippen molar-refractivity contribution >= 4 is 68.4 Å². The number of aromatic amines is 1. The number of hydrogen-bond donors (Lipinski definition) is 4. The lowest BCUT2D eigenvalue weighted by Gasteiger charge is -2.11. The summed E-state index contributed by atoms with van der Waals surface area (Å²) in [5.41, 5.74) is 8.60. The highest BCUT2D eigenvalue weighted by Crippen LogP contribution is 2.37. The smallest absolute Gasteiger partial charge is 0.268 e. The molecule has 2 amide bonds. The van der Waals surface area contributed by atoms with Gasteiger partial charge in [0.15, 0.2) is 0 Å². The third-order valence-corrected chi connectivity index (χ3v) is 7.07. The van der Waals surface area contributed by atoms with Crippen molar-refractivity contribution in [1.29, 1.82) is 0 Å². The first-order valence-corrected chi connectivity index (χ1v) is 12.1. The maximum Gasteiger partial charge on any atom is 0.268 e. The summed E-state index contributed by atoms with van der Waals surface area (Å²) in [5.74, 6) is -0.241. The van der Waals surface area contributed by atoms with Gasteiger partial charge in [-0.05, 0) is 38.3 Å². The molecule has 1 aliphatic rings. The Morgan fingerprint density at radius 3 is 2.79 bits per heavy atom. The second-order valence-corrected chi connectivity index (χ2v) is 9.69. The molecule has 0 bridgehead atoms. The zero-order chi connectivity index (χ0) is 23.7. The number of carbonyl (C=O) groups excluding carboxylic acids is 3. The topological polar surface area (TPSA) is 130 Å². The SMILES string of the molecule is CCc1nc(C)sc1C(=O)Nc1[nH]c2cc(C(N)=O)cc3c2c1NCCC(=O)CCCC3=S. The number of benzene rings is 1. The zero-order valence-corrected chi connectivity index (χ0v) is 20.1. The van der Waals surface area contributed by atoms with E-state index in [1.165, 1.54) is 11.3 Å². The lowest BCUT2D eigenvalue weighted by molar-refractivity contribution is -0.118. The molecule has 1 aliphatic heterocycles. The number of thiazole rings is 1. The largest absolute Gasteiger partial charge is 0.381 e. The van der Waals surface area contributed by atoms with Gasteiger partial charge in [0, 0.05) is 40.8 Å². The second-order valence-electron chi connectivity index (χ2n) is 7.99. The van der Waals surface area contributed by atoms with Crippen LogP contribution in [-0.2, 0) is 11.2 Å². The first kappa shape index (κ1) is 23.1. The average molecular weight is 484 g/mol. The Morgan fingerprint density at radius 1 is 1.27 bits per heavy atom. The summed E-state index contributed by atoms with van der Waals surface area (Å²) in [4.78, 5) is 46.2. The molecule has 8 nitrogen and oxygen atoms in total. The van der Waals surface area contributed by atoms with Crippen molar-refractivity contribution in [2.45, 2.75) is 46.0 Å². The van der Waals surface area contributed by atoms with Gasteiger partial charge in [0.1, 0.15) is 16.5 Å². The van der Waals surface area contributed by atoms with Gasteiger partial charge in [-0.2, -0.15) is 0 Å². The van der Waals surface area contributed by atoms with Gasteiger partial charge in [-0.3, -0.25) is 14.4 Å². The van der Waals surface area contributed by atoms with Crippen LogP contribution in [0.4, 0.5) is 11.5 Å². The maximum atomic E-state index is 13.1. The molecule has 1 aromatic carbocycles. The quantitative estimate of drug-likeness (QED) is 0.413. The Kier molecular flexibility index (Phi) is 6.57. The molecule has 0 unspecified atom stereocenters. The van der Waals surface area contributed by atoms with E-state index in [1.807, 2.05) is 13.8 Å². The van der Waals surface area contributed by atoms with Gasteiger partial charge < -0.3 is 21.4 Å². The predicted molar refractivity (Wildman–Crippen MR) is 135 cm³/mol. The van der Waals surface area contributed by atoms with Gasteiger partial charge in [0.25, 0.3) is 5.91 Å². The first-order chi connectivity index (χ1) is 15.8. The van der Waals surface area contributed by atoms with E-state index in [1.54, 1.807) is 12.1 Å². The Bertz CT molecular complexity index is 1290. The fraction of sp³-hybridized carbons (Fsp3) is 0.348. The number of primary amides is 1. The molecular weight excluding hydrogens is 458 g/mol. The van der Waals surface area contributed by atoms with E-state index in [2.05, 4.69) is 20.6 Å². The van der Waals surface area contributed by atoms with E-state index in [4.69, 9.17) is 18.0 Å². The highest BCUT2D eigenvalue weighted by Gasteiger charge is 2.23. The molecule has 2 aromatic heterocycles. The summed E-state index contributed by atoms with van der Waals surface area (Å²) in [7, 11) is 0. The van der Waals surface area contributed by atoms with Crippen LogP contribution >= 0.6 is 23.6 Å². The van der Waals surface area contributed by atoms with E-state index in [-0.39, 0.29) is 11.7 Å². The number of nitrogens with two attached hydrogens (primary N) is 1. The van der Waals surface area contributed by atoms with Gasteiger partial charge in [-0.25, -0.2) is 4.98 Å². The highest BCUT2D eigenvalue weighted by atomic mass is 32.1. The standard InChI is InChI=1S/C23H25N5O3S2/c1-3-15-20(33-11(2)26-15)23(31)28-22-19-18-14(9-12(21(24)30)10-16(18)27-22)17(32)6-4-5-13(29)7-8-25-19/h9-10,25,27H,3-8H2,1-2H3,(H2,24,30)(H,28,31). The number of aryl methyl sites for hydroxylation is 2. The minimum Gasteiger partial charge on any atom is -0.381 e. The number of anilines is 2. The van der Waals surface area contributed by atoms with Crippen LogP contribution in [-0.4, -0.2) is 39.0 Å². The molecule has 0 aliphatic carbocycles. The molecule has 0 saturated carbocycles. The Morgan fingerprint density at radius 2 is 2.06 bits per heavy atom. The van der Waals surface area contributed by atoms with Crippen molar-refractivity contribution in [2.24, 2.45) is 5.73 Å². The minimum absolute atomic E-state index is 0.152. The summed E-state index contributed by atoms with van der Waals surface area (Å²) >= 11 is 7.03. The fourth-order valence-electron chi connectivity index (χ4n) is 4.06. The summed E-state index contributed by atoms with van der Waals surface area (Å²) in [6, 6.07) is 3.35. The Balaban J connectivity index is 1.85. The highest BCUT2D eigenvalue weighted by molar-refractivity contribution is 7.80. The van der Waals surface area contributed by atoms with E-state index in [9.17, 15) is 14.4 Å². The van der Waals surface area contributed by atoms with Gasteiger partial charge >= 0.3 is 0 Å². The van der Waals surface area contributed by atoms with Gasteiger partial charge in [-0.1, -0.05) is 19.1 Å². The molecule has 0 saturated heterocycles. The molecule has 4 rings (SSSR count). The molecule has 0 spiro atoms. The van der Waals surface area contributed by atoms with Crippen molar-refractivity contribution in [3.63, 3.8) is 0 Å². The second kappa shape index (κ2) is 9.40. The monoisotopic (exact) mass is 483 g/mol. The number of nitrogens with one attached hydrogen (secondary N) is 3. The number of carbonyl (C=O) groups is 3. The molecule has 0 radical (unpaired) electrons. The van der Waals surface area contributed by atoms with Crippen LogP contribution in [0.25, 0.3) is 10.9 Å². The van der Waals surface area contributed by atoms with E-state index < -0.39 is 5.91 Å². The molecule has 0 atom stereocenters. The van der Waals surface area contributed by atoms with Crippen LogP contribution in [0.2, 0.25) is 0 Å². The van der Waals surface area contributed by atoms with Gasteiger partial charge in [0.2, 0.25) is 5.91 Å². The Hall–Kier alpha value is -3.11. The van der Waals surface area contributed by atoms with Gasteiger partial charge in [0.05, 0.1) is 21.9 Å². The third kappa shape index (κ3) is 4.67. The van der Waals surface area contributed by atoms with Crippen molar-refractivity contribution in [3.05, 3.63) is 38.8 Å². The van der Waals surface area contributed by atoms with Crippen LogP contribution in [0, 0.1) is 6.92 Å². The van der Waals surface area contributed by atoms with E-state index in [0.29, 0.717) is 76.5 Å². The van der Waals surface area contributed by atoms with Crippen molar-refractivity contribution in [3.8, 4) is 0 Å². The molecule has 172 valence electrons. The van der Waals surface area contributed by atoms with Crippen LogP contribution in [0.5, 0.6) is 0 Å². The number of thiocarbonyl (C=S) groups is 1. The van der Waals surface area contributed by atoms with Crippen LogP contribution in [0.15, 0.2) is 12.1 Å². The average Bonchev–Trinajstić information content (AvgIpc) is 3.31. The number of ketones is 1. The zero-order valence-electron chi connectivity index (χ0n) is 18.5. The van der Waals surface area contributed by atoms with Crippen molar-refractivity contribution in [2.75, 3.05) is 17.2 Å². The predicted octanol–water partition coefficient (Wildman–Crippen LogP) is 4.12. The number of H-pyrrole nitrogens is 1. The maximum absolute atomic E-state index is 13.1. The van der Waals surface area contributed by atoms with Crippen LogP contribution in [0.3, 0.4) is 0 Å². The lowest BCUT2D eigenvalue weighted by Crippen LogP contribution is -2.15. The number of hydrogen-bond acceptors (Lipinski definition) is 7. The molecule has 5 N–H and O–H groups in total. The number of Topliss-reactive ketones (excluding diaryl/α,β-unsaturated/α-hetero) is 1. The number of aromatic nitrogens is 2. The molecule has 33 heavy (non-hydrogen) atoms. The Labute approximate surface area is 200 Å². The van der Waals surface area contributed by atoms with E-state index >= 15 is 0 Å².